The van der Waals surface area contributed by atoms with Crippen molar-refractivity contribution in [2.75, 3.05) is 7.11 Å². The number of rotatable bonds is 4. The van der Waals surface area contributed by atoms with Crippen molar-refractivity contribution in [3.8, 4) is 0 Å². The number of ether oxygens (including phenoxy) is 1. The summed E-state index contributed by atoms with van der Waals surface area (Å²) >= 11 is 0. The summed E-state index contributed by atoms with van der Waals surface area (Å²) in [5.41, 5.74) is 6.65. The number of aliphatic carboxylic acids is 1. The van der Waals surface area contributed by atoms with Crippen LogP contribution in [0.5, 0.6) is 0 Å². The zero-order valence-electron chi connectivity index (χ0n) is 10.9. The molecular weight excluding hydrogens is 250 g/mol. The third-order valence-electron chi connectivity index (χ3n) is 2.16. The van der Waals surface area contributed by atoms with Crippen molar-refractivity contribution < 1.29 is 24.5 Å². The summed E-state index contributed by atoms with van der Waals surface area (Å²) in [6.07, 6.45) is -0.827. The molecule has 0 amide bonds. The van der Waals surface area contributed by atoms with E-state index in [0.29, 0.717) is 6.42 Å². The van der Waals surface area contributed by atoms with Crippen molar-refractivity contribution in [2.24, 2.45) is 5.73 Å². The predicted octanol–water partition coefficient (Wildman–Crippen LogP) is -1.15. The summed E-state index contributed by atoms with van der Waals surface area (Å²) in [6, 6.07) is 8.80. The summed E-state index contributed by atoms with van der Waals surface area (Å²) in [5.74, 6) is -1.78. The Labute approximate surface area is 111 Å². The summed E-state index contributed by atoms with van der Waals surface area (Å²) in [6.45, 7) is 0.972. The van der Waals surface area contributed by atoms with Gasteiger partial charge >= 0.3 is 5.97 Å². The molecule has 0 spiro atoms. The Balaban J connectivity index is 0.000000711. The number of carbonyl (C=O) groups excluding carboxylic acids is 2. The van der Waals surface area contributed by atoms with Crippen LogP contribution < -0.4 is 10.8 Å². The van der Waals surface area contributed by atoms with Gasteiger partial charge in [0.15, 0.2) is 6.10 Å². The molecule has 1 aromatic carbocycles. The van der Waals surface area contributed by atoms with Gasteiger partial charge < -0.3 is 25.5 Å². The average Bonchev–Trinajstić information content (AvgIpc) is 2.37. The molecule has 0 fully saturated rings. The Morgan fingerprint density at radius 3 is 2.26 bits per heavy atom. The smallest absolute Gasteiger partial charge is 0.336 e. The zero-order chi connectivity index (χ0) is 14.8. The van der Waals surface area contributed by atoms with Crippen molar-refractivity contribution in [3.63, 3.8) is 0 Å². The Kier molecular flexibility index (Phi) is 8.15. The van der Waals surface area contributed by atoms with Crippen LogP contribution in [0, 0.1) is 0 Å². The SMILES string of the molecule is CC(=O)[O-].COC(=O)C(O)C(N)Cc1ccccc1. The van der Waals surface area contributed by atoms with Gasteiger partial charge in [-0.25, -0.2) is 4.79 Å². The molecular formula is C13H18NO5-. The minimum Gasteiger partial charge on any atom is -0.550 e. The van der Waals surface area contributed by atoms with Crippen LogP contribution in [0.2, 0.25) is 0 Å². The lowest BCUT2D eigenvalue weighted by Gasteiger charge is -2.16. The Hall–Kier alpha value is -1.92. The van der Waals surface area contributed by atoms with Gasteiger partial charge in [-0.1, -0.05) is 30.3 Å². The first-order valence-electron chi connectivity index (χ1n) is 5.61. The lowest BCUT2D eigenvalue weighted by molar-refractivity contribution is -0.302. The van der Waals surface area contributed by atoms with Gasteiger partial charge in [0.1, 0.15) is 0 Å². The fourth-order valence-corrected chi connectivity index (χ4v) is 1.29. The monoisotopic (exact) mass is 268 g/mol. The van der Waals surface area contributed by atoms with Gasteiger partial charge in [-0.2, -0.15) is 0 Å². The fraction of sp³-hybridized carbons (Fsp3) is 0.385. The van der Waals surface area contributed by atoms with E-state index in [-0.39, 0.29) is 0 Å². The van der Waals surface area contributed by atoms with E-state index in [4.69, 9.17) is 15.6 Å². The van der Waals surface area contributed by atoms with Crippen molar-refractivity contribution >= 4 is 11.9 Å². The van der Waals surface area contributed by atoms with E-state index in [1.165, 1.54) is 7.11 Å². The topological polar surface area (TPSA) is 113 Å². The predicted molar refractivity (Wildman–Crippen MR) is 66.8 cm³/mol. The Bertz CT molecular complexity index is 389. The van der Waals surface area contributed by atoms with Gasteiger partial charge in [-0.3, -0.25) is 0 Å². The van der Waals surface area contributed by atoms with Gasteiger partial charge in [-0.15, -0.1) is 0 Å². The van der Waals surface area contributed by atoms with Gasteiger partial charge in [0.05, 0.1) is 7.11 Å². The molecule has 0 bridgehead atoms. The molecule has 2 unspecified atom stereocenters. The number of esters is 1. The zero-order valence-corrected chi connectivity index (χ0v) is 10.9. The summed E-state index contributed by atoms with van der Waals surface area (Å²) in [5, 5.41) is 18.3. The van der Waals surface area contributed by atoms with Gasteiger partial charge in [-0.05, 0) is 18.9 Å². The molecule has 0 saturated carbocycles. The van der Waals surface area contributed by atoms with Crippen LogP contribution in [0.3, 0.4) is 0 Å². The number of benzene rings is 1. The molecule has 0 aliphatic heterocycles. The van der Waals surface area contributed by atoms with Crippen LogP contribution in [0.15, 0.2) is 30.3 Å². The first kappa shape index (κ1) is 17.1. The molecule has 0 aliphatic carbocycles. The Morgan fingerprint density at radius 1 is 1.37 bits per heavy atom. The number of hydrogen-bond donors (Lipinski definition) is 2. The number of nitrogens with two attached hydrogens (primary N) is 1. The number of carboxylic acids is 1. The normalized spacial score (nSPS) is 12.6. The highest BCUT2D eigenvalue weighted by molar-refractivity contribution is 5.75. The maximum atomic E-state index is 11.0. The van der Waals surface area contributed by atoms with E-state index >= 15 is 0 Å². The second-order valence-electron chi connectivity index (χ2n) is 3.81. The van der Waals surface area contributed by atoms with Crippen LogP contribution in [0.25, 0.3) is 0 Å². The van der Waals surface area contributed by atoms with Crippen LogP contribution in [0.1, 0.15) is 12.5 Å². The highest BCUT2D eigenvalue weighted by Crippen LogP contribution is 2.05. The summed E-state index contributed by atoms with van der Waals surface area (Å²) < 4.78 is 4.40. The van der Waals surface area contributed by atoms with E-state index in [0.717, 1.165) is 12.5 Å². The van der Waals surface area contributed by atoms with Crippen LogP contribution >= 0.6 is 0 Å². The lowest BCUT2D eigenvalue weighted by Crippen LogP contribution is -2.42. The second kappa shape index (κ2) is 9.07. The van der Waals surface area contributed by atoms with Crippen molar-refractivity contribution in [1.82, 2.24) is 0 Å². The molecule has 0 radical (unpaired) electrons. The molecule has 0 heterocycles. The quantitative estimate of drug-likeness (QED) is 0.666. The fourth-order valence-electron chi connectivity index (χ4n) is 1.29. The maximum absolute atomic E-state index is 11.0. The molecule has 0 aromatic heterocycles. The van der Waals surface area contributed by atoms with Gasteiger partial charge in [0, 0.05) is 12.0 Å². The van der Waals surface area contributed by atoms with Gasteiger partial charge in [0.2, 0.25) is 0 Å². The maximum Gasteiger partial charge on any atom is 0.336 e. The average molecular weight is 268 g/mol. The minimum atomic E-state index is -1.27. The molecule has 1 aromatic rings. The van der Waals surface area contributed by atoms with E-state index in [1.54, 1.807) is 0 Å². The molecule has 2 atom stereocenters. The molecule has 6 nitrogen and oxygen atoms in total. The van der Waals surface area contributed by atoms with Crippen LogP contribution in [-0.2, 0) is 20.7 Å². The highest BCUT2D eigenvalue weighted by atomic mass is 16.5. The first-order chi connectivity index (χ1) is 8.88. The van der Waals surface area contributed by atoms with Gasteiger partial charge in [0.25, 0.3) is 0 Å². The summed E-state index contributed by atoms with van der Waals surface area (Å²) in [7, 11) is 1.22. The standard InChI is InChI=1S/C11H15NO3.C2H4O2/c1-15-11(14)10(13)9(12)7-8-5-3-2-4-6-8;1-2(3)4/h2-6,9-10,13H,7,12H2,1H3;1H3,(H,3,4)/p-1. The molecule has 19 heavy (non-hydrogen) atoms. The number of aliphatic hydroxyl groups excluding tert-OH is 1. The van der Waals surface area contributed by atoms with Crippen molar-refractivity contribution in [2.45, 2.75) is 25.5 Å². The molecule has 1 rings (SSSR count). The van der Waals surface area contributed by atoms with Crippen LogP contribution in [-0.4, -0.2) is 36.3 Å². The van der Waals surface area contributed by atoms with Crippen molar-refractivity contribution in [3.05, 3.63) is 35.9 Å². The lowest BCUT2D eigenvalue weighted by atomic mass is 10.0. The molecule has 0 saturated heterocycles. The highest BCUT2D eigenvalue weighted by Gasteiger charge is 2.23. The number of carbonyl (C=O) groups is 2. The summed E-state index contributed by atoms with van der Waals surface area (Å²) in [4.78, 5) is 19.9. The van der Waals surface area contributed by atoms with Crippen molar-refractivity contribution in [1.29, 1.82) is 0 Å². The van der Waals surface area contributed by atoms with E-state index in [2.05, 4.69) is 4.74 Å². The molecule has 3 N–H and O–H groups in total. The molecule has 6 heteroatoms. The third-order valence-corrected chi connectivity index (χ3v) is 2.16. The molecule has 0 aliphatic rings. The Morgan fingerprint density at radius 2 is 1.84 bits per heavy atom. The largest absolute Gasteiger partial charge is 0.550 e. The number of methoxy groups -OCH3 is 1. The van der Waals surface area contributed by atoms with E-state index in [9.17, 15) is 9.90 Å². The second-order valence-corrected chi connectivity index (χ2v) is 3.81. The van der Waals surface area contributed by atoms with Crippen LogP contribution in [0.4, 0.5) is 0 Å². The first-order valence-corrected chi connectivity index (χ1v) is 5.61. The van der Waals surface area contributed by atoms with E-state index in [1.807, 2.05) is 30.3 Å². The number of aliphatic hydroxyl groups is 1. The number of hydrogen-bond acceptors (Lipinski definition) is 6. The third kappa shape index (κ3) is 7.91. The molecule has 106 valence electrons. The minimum absolute atomic E-state index is 0.442. The van der Waals surface area contributed by atoms with E-state index < -0.39 is 24.1 Å². The number of carboxylic acid groups (broad SMARTS) is 1.